The normalized spacial score (nSPS) is 26.4. The molecule has 1 amide bonds. The SMILES string of the molecule is COCCN1CC[C@]2(CCC1=O)CN(Cc1n[nH]c(C)n1)CCN2C. The number of aromatic nitrogens is 3. The van der Waals surface area contributed by atoms with E-state index in [4.69, 9.17) is 4.74 Å². The maximum absolute atomic E-state index is 12.4. The molecule has 8 nitrogen and oxygen atoms in total. The summed E-state index contributed by atoms with van der Waals surface area (Å²) < 4.78 is 5.15. The number of amides is 1. The number of carbonyl (C=O) groups excluding carboxylic acids is 1. The first-order valence-corrected chi connectivity index (χ1v) is 9.11. The molecule has 1 atom stereocenters. The molecule has 1 aromatic rings. The molecular formula is C17H30N6O2. The molecule has 0 aliphatic carbocycles. The summed E-state index contributed by atoms with van der Waals surface area (Å²) in [6.07, 6.45) is 2.53. The Hall–Kier alpha value is -1.51. The maximum Gasteiger partial charge on any atom is 0.222 e. The van der Waals surface area contributed by atoms with Crippen LogP contribution in [0.1, 0.15) is 30.9 Å². The predicted octanol–water partition coefficient (Wildman–Crippen LogP) is 0.258. The molecule has 3 heterocycles. The Balaban J connectivity index is 1.66. The van der Waals surface area contributed by atoms with E-state index in [1.54, 1.807) is 7.11 Å². The van der Waals surface area contributed by atoms with Crippen molar-refractivity contribution in [3.63, 3.8) is 0 Å². The Morgan fingerprint density at radius 2 is 2.12 bits per heavy atom. The van der Waals surface area contributed by atoms with Crippen molar-refractivity contribution in [1.82, 2.24) is 29.9 Å². The standard InChI is InChI=1S/C17H30N6O2/c1-14-18-15(20-19-14)12-22-9-8-21(2)17(13-22)5-4-16(24)23(7-6-17)10-11-25-3/h4-13H2,1-3H3,(H,18,19,20)/t17-/m1/s1. The minimum atomic E-state index is 0.0566. The fourth-order valence-corrected chi connectivity index (χ4v) is 4.01. The second-order valence-corrected chi connectivity index (χ2v) is 7.32. The van der Waals surface area contributed by atoms with Crippen molar-refractivity contribution in [3.05, 3.63) is 11.6 Å². The van der Waals surface area contributed by atoms with Gasteiger partial charge in [-0.1, -0.05) is 0 Å². The van der Waals surface area contributed by atoms with Crippen molar-refractivity contribution >= 4 is 5.91 Å². The minimum Gasteiger partial charge on any atom is -0.383 e. The fraction of sp³-hybridized carbons (Fsp3) is 0.824. The number of nitrogens with one attached hydrogen (secondary N) is 1. The van der Waals surface area contributed by atoms with E-state index in [0.717, 1.165) is 57.2 Å². The number of hydrogen-bond acceptors (Lipinski definition) is 6. The molecule has 1 aromatic heterocycles. The number of H-pyrrole nitrogens is 1. The largest absolute Gasteiger partial charge is 0.383 e. The smallest absolute Gasteiger partial charge is 0.222 e. The Kier molecular flexibility index (Phi) is 5.71. The lowest BCUT2D eigenvalue weighted by Gasteiger charge is -2.49. The summed E-state index contributed by atoms with van der Waals surface area (Å²) in [6, 6.07) is 0. The molecule has 0 bridgehead atoms. The van der Waals surface area contributed by atoms with Crippen LogP contribution in [0.5, 0.6) is 0 Å². The second-order valence-electron chi connectivity index (χ2n) is 7.32. The predicted molar refractivity (Wildman–Crippen MR) is 94.1 cm³/mol. The number of aromatic amines is 1. The zero-order valence-corrected chi connectivity index (χ0v) is 15.6. The third kappa shape index (κ3) is 4.19. The van der Waals surface area contributed by atoms with Gasteiger partial charge in [-0.15, -0.1) is 0 Å². The van der Waals surface area contributed by atoms with Gasteiger partial charge in [-0.25, -0.2) is 4.98 Å². The third-order valence-corrected chi connectivity index (χ3v) is 5.66. The molecule has 2 saturated heterocycles. The van der Waals surface area contributed by atoms with Gasteiger partial charge < -0.3 is 9.64 Å². The summed E-state index contributed by atoms with van der Waals surface area (Å²) in [5.41, 5.74) is 0.0566. The van der Waals surface area contributed by atoms with Crippen LogP contribution >= 0.6 is 0 Å². The number of ether oxygens (including phenoxy) is 1. The zero-order valence-electron chi connectivity index (χ0n) is 15.6. The van der Waals surface area contributed by atoms with E-state index < -0.39 is 0 Å². The van der Waals surface area contributed by atoms with Crippen molar-refractivity contribution in [2.24, 2.45) is 0 Å². The third-order valence-electron chi connectivity index (χ3n) is 5.66. The van der Waals surface area contributed by atoms with Gasteiger partial charge in [0, 0.05) is 51.8 Å². The van der Waals surface area contributed by atoms with Crippen LogP contribution in [0, 0.1) is 6.92 Å². The maximum atomic E-state index is 12.4. The minimum absolute atomic E-state index is 0.0566. The first-order chi connectivity index (χ1) is 12.0. The number of likely N-dealkylation sites (tertiary alicyclic amines) is 1. The fourth-order valence-electron chi connectivity index (χ4n) is 4.01. The first kappa shape index (κ1) is 18.3. The Morgan fingerprint density at radius 1 is 1.28 bits per heavy atom. The quantitative estimate of drug-likeness (QED) is 0.821. The highest BCUT2D eigenvalue weighted by atomic mass is 16.5. The van der Waals surface area contributed by atoms with Gasteiger partial charge in [-0.2, -0.15) is 5.10 Å². The highest BCUT2D eigenvalue weighted by Gasteiger charge is 2.42. The van der Waals surface area contributed by atoms with Crippen molar-refractivity contribution < 1.29 is 9.53 Å². The molecule has 0 saturated carbocycles. The van der Waals surface area contributed by atoms with Crippen LogP contribution in [0.3, 0.4) is 0 Å². The Bertz CT molecular complexity index is 591. The number of piperazine rings is 1. The van der Waals surface area contributed by atoms with Crippen LogP contribution < -0.4 is 0 Å². The van der Waals surface area contributed by atoms with E-state index in [-0.39, 0.29) is 11.4 Å². The molecule has 8 heteroatoms. The molecule has 25 heavy (non-hydrogen) atoms. The van der Waals surface area contributed by atoms with E-state index in [1.807, 2.05) is 11.8 Å². The van der Waals surface area contributed by atoms with Crippen LogP contribution in [0.15, 0.2) is 0 Å². The molecule has 0 aromatic carbocycles. The van der Waals surface area contributed by atoms with Crippen molar-refractivity contribution in [1.29, 1.82) is 0 Å². The lowest BCUT2D eigenvalue weighted by Crippen LogP contribution is -2.60. The topological polar surface area (TPSA) is 77.6 Å². The molecule has 2 fully saturated rings. The molecule has 1 N–H and O–H groups in total. The molecule has 0 unspecified atom stereocenters. The van der Waals surface area contributed by atoms with E-state index in [2.05, 4.69) is 32.0 Å². The van der Waals surface area contributed by atoms with Crippen molar-refractivity contribution in [2.75, 3.05) is 53.5 Å². The van der Waals surface area contributed by atoms with Crippen molar-refractivity contribution in [3.8, 4) is 0 Å². The average molecular weight is 350 g/mol. The molecule has 1 spiro atoms. The average Bonchev–Trinajstić information content (AvgIpc) is 2.93. The van der Waals surface area contributed by atoms with Gasteiger partial charge in [0.15, 0.2) is 5.82 Å². The molecule has 2 aliphatic heterocycles. The van der Waals surface area contributed by atoms with Gasteiger partial charge in [0.05, 0.1) is 13.2 Å². The molecule has 2 aliphatic rings. The van der Waals surface area contributed by atoms with Gasteiger partial charge in [-0.05, 0) is 26.8 Å². The number of aryl methyl sites for hydroxylation is 1. The first-order valence-electron chi connectivity index (χ1n) is 9.11. The molecular weight excluding hydrogens is 320 g/mol. The van der Waals surface area contributed by atoms with Gasteiger partial charge in [-0.3, -0.25) is 19.7 Å². The number of carbonyl (C=O) groups is 1. The summed E-state index contributed by atoms with van der Waals surface area (Å²) >= 11 is 0. The van der Waals surface area contributed by atoms with E-state index >= 15 is 0 Å². The summed E-state index contributed by atoms with van der Waals surface area (Å²) in [6.45, 7) is 7.76. The van der Waals surface area contributed by atoms with E-state index in [0.29, 0.717) is 19.6 Å². The van der Waals surface area contributed by atoms with Gasteiger partial charge in [0.2, 0.25) is 5.91 Å². The van der Waals surface area contributed by atoms with Gasteiger partial charge in [0.1, 0.15) is 5.82 Å². The molecule has 140 valence electrons. The number of rotatable bonds is 5. The molecule has 0 radical (unpaired) electrons. The Labute approximate surface area is 149 Å². The number of nitrogens with zero attached hydrogens (tertiary/aromatic N) is 5. The highest BCUT2D eigenvalue weighted by molar-refractivity contribution is 5.76. The lowest BCUT2D eigenvalue weighted by atomic mass is 9.86. The summed E-state index contributed by atoms with van der Waals surface area (Å²) in [5.74, 6) is 1.96. The second kappa shape index (κ2) is 7.80. The lowest BCUT2D eigenvalue weighted by molar-refractivity contribution is -0.131. The van der Waals surface area contributed by atoms with E-state index in [9.17, 15) is 4.79 Å². The van der Waals surface area contributed by atoms with Crippen LogP contribution in [0.25, 0.3) is 0 Å². The van der Waals surface area contributed by atoms with Gasteiger partial charge >= 0.3 is 0 Å². The number of likely N-dealkylation sites (N-methyl/N-ethyl adjacent to an activating group) is 1. The summed E-state index contributed by atoms with van der Waals surface area (Å²) in [4.78, 5) is 23.7. The van der Waals surface area contributed by atoms with Crippen LogP contribution in [-0.4, -0.2) is 94.8 Å². The number of methoxy groups -OCH3 is 1. The monoisotopic (exact) mass is 350 g/mol. The van der Waals surface area contributed by atoms with Crippen LogP contribution in [0.4, 0.5) is 0 Å². The zero-order chi connectivity index (χ0) is 17.9. The number of hydrogen-bond donors (Lipinski definition) is 1. The summed E-state index contributed by atoms with van der Waals surface area (Å²) in [5, 5.41) is 7.19. The Morgan fingerprint density at radius 3 is 2.84 bits per heavy atom. The summed E-state index contributed by atoms with van der Waals surface area (Å²) in [7, 11) is 3.88. The van der Waals surface area contributed by atoms with Gasteiger partial charge in [0.25, 0.3) is 0 Å². The van der Waals surface area contributed by atoms with Crippen molar-refractivity contribution in [2.45, 2.75) is 38.3 Å². The highest BCUT2D eigenvalue weighted by Crippen LogP contribution is 2.32. The van der Waals surface area contributed by atoms with Crippen LogP contribution in [0.2, 0.25) is 0 Å². The van der Waals surface area contributed by atoms with E-state index in [1.165, 1.54) is 0 Å². The molecule has 3 rings (SSSR count). The van der Waals surface area contributed by atoms with Crippen LogP contribution in [-0.2, 0) is 16.1 Å².